The second-order valence-electron chi connectivity index (χ2n) is 5.47. The molecule has 0 spiro atoms. The van der Waals surface area contributed by atoms with Gasteiger partial charge in [-0.1, -0.05) is 47.7 Å². The lowest BCUT2D eigenvalue weighted by Gasteiger charge is -2.12. The maximum Gasteiger partial charge on any atom is 0.252 e. The Morgan fingerprint density at radius 2 is 1.85 bits per heavy atom. The molecule has 6 nitrogen and oxygen atoms in total. The molecule has 2 N–H and O–H groups in total. The van der Waals surface area contributed by atoms with E-state index in [1.807, 2.05) is 30.3 Å². The van der Waals surface area contributed by atoms with Crippen LogP contribution in [-0.4, -0.2) is 28.1 Å². The molecule has 0 saturated heterocycles. The van der Waals surface area contributed by atoms with Gasteiger partial charge in [0.15, 0.2) is 0 Å². The summed E-state index contributed by atoms with van der Waals surface area (Å²) in [6.07, 6.45) is 0. The molecule has 0 aliphatic heterocycles. The van der Waals surface area contributed by atoms with Crippen molar-refractivity contribution < 1.29 is 14.0 Å². The minimum absolute atomic E-state index is 0.145. The molecular weight excluding hydrogens is 355 g/mol. The van der Waals surface area contributed by atoms with Crippen molar-refractivity contribution in [2.45, 2.75) is 13.0 Å². The van der Waals surface area contributed by atoms with Crippen LogP contribution >= 0.6 is 11.3 Å². The summed E-state index contributed by atoms with van der Waals surface area (Å²) in [5.74, 6) is -1.49. The maximum atomic E-state index is 13.2. The van der Waals surface area contributed by atoms with Crippen molar-refractivity contribution >= 4 is 28.3 Å². The molecule has 0 aliphatic carbocycles. The second kappa shape index (κ2) is 7.83. The van der Waals surface area contributed by atoms with Crippen LogP contribution < -0.4 is 10.6 Å². The zero-order valence-electron chi connectivity index (χ0n) is 13.8. The Bertz CT molecular complexity index is 930. The Hall–Kier alpha value is -3.13. The highest BCUT2D eigenvalue weighted by Crippen LogP contribution is 2.25. The lowest BCUT2D eigenvalue weighted by Crippen LogP contribution is -2.41. The average molecular weight is 370 g/mol. The zero-order chi connectivity index (χ0) is 18.5. The lowest BCUT2D eigenvalue weighted by molar-refractivity contribution is -0.117. The lowest BCUT2D eigenvalue weighted by atomic mass is 10.2. The summed E-state index contributed by atoms with van der Waals surface area (Å²) in [5.41, 5.74) is 1.05. The number of hydrogen-bond acceptors (Lipinski definition) is 5. The highest BCUT2D eigenvalue weighted by Gasteiger charge is 2.18. The molecule has 26 heavy (non-hydrogen) atoms. The van der Waals surface area contributed by atoms with E-state index in [4.69, 9.17) is 0 Å². The summed E-state index contributed by atoms with van der Waals surface area (Å²) in [4.78, 5) is 24.3. The van der Waals surface area contributed by atoms with E-state index in [0.717, 1.165) is 11.6 Å². The number of nitrogens with one attached hydrogen (secondary N) is 2. The Kier molecular flexibility index (Phi) is 5.33. The van der Waals surface area contributed by atoms with Crippen molar-refractivity contribution in [3.63, 3.8) is 0 Å². The fraction of sp³-hybridized carbons (Fsp3) is 0.111. The average Bonchev–Trinajstić information content (AvgIpc) is 3.11. The van der Waals surface area contributed by atoms with Crippen LogP contribution in [-0.2, 0) is 4.79 Å². The van der Waals surface area contributed by atoms with E-state index in [9.17, 15) is 14.0 Å². The second-order valence-corrected chi connectivity index (χ2v) is 6.45. The fourth-order valence-corrected chi connectivity index (χ4v) is 2.91. The van der Waals surface area contributed by atoms with Crippen molar-refractivity contribution in [3.05, 3.63) is 66.0 Å². The molecule has 3 rings (SSSR count). The monoisotopic (exact) mass is 370 g/mol. The van der Waals surface area contributed by atoms with Gasteiger partial charge in [0, 0.05) is 11.1 Å². The Morgan fingerprint density at radius 1 is 1.08 bits per heavy atom. The molecule has 0 bridgehead atoms. The van der Waals surface area contributed by atoms with Gasteiger partial charge in [0.2, 0.25) is 11.0 Å². The van der Waals surface area contributed by atoms with Crippen molar-refractivity contribution in [1.82, 2.24) is 15.5 Å². The number of benzene rings is 2. The predicted molar refractivity (Wildman–Crippen MR) is 97.3 cm³/mol. The Balaban J connectivity index is 1.61. The zero-order valence-corrected chi connectivity index (χ0v) is 14.6. The van der Waals surface area contributed by atoms with Crippen LogP contribution in [0.3, 0.4) is 0 Å². The first-order valence-corrected chi connectivity index (χ1v) is 8.61. The largest absolute Gasteiger partial charge is 0.341 e. The maximum absolute atomic E-state index is 13.2. The Labute approximate surface area is 153 Å². The highest BCUT2D eigenvalue weighted by molar-refractivity contribution is 7.18. The first-order valence-electron chi connectivity index (χ1n) is 7.79. The number of carbonyl (C=O) groups excluding carboxylic acids is 2. The van der Waals surface area contributed by atoms with Crippen LogP contribution in [0, 0.1) is 5.82 Å². The molecule has 1 aromatic heterocycles. The summed E-state index contributed by atoms with van der Waals surface area (Å²) in [7, 11) is 0. The van der Waals surface area contributed by atoms with E-state index in [1.165, 1.54) is 36.5 Å². The van der Waals surface area contributed by atoms with Crippen molar-refractivity contribution in [2.75, 3.05) is 5.32 Å². The molecule has 1 atom stereocenters. The van der Waals surface area contributed by atoms with Crippen LogP contribution in [0.4, 0.5) is 9.52 Å². The van der Waals surface area contributed by atoms with Gasteiger partial charge in [0.1, 0.15) is 16.9 Å². The predicted octanol–water partition coefficient (Wildman–Crippen LogP) is 3.10. The quantitative estimate of drug-likeness (QED) is 0.723. The normalized spacial score (nSPS) is 11.6. The van der Waals surface area contributed by atoms with Crippen LogP contribution in [0.5, 0.6) is 0 Å². The Morgan fingerprint density at radius 3 is 2.58 bits per heavy atom. The number of anilines is 1. The van der Waals surface area contributed by atoms with E-state index in [2.05, 4.69) is 20.8 Å². The van der Waals surface area contributed by atoms with Crippen molar-refractivity contribution in [2.24, 2.45) is 0 Å². The third-order valence-corrected chi connectivity index (χ3v) is 4.39. The molecule has 1 heterocycles. The van der Waals surface area contributed by atoms with Gasteiger partial charge in [-0.05, 0) is 25.1 Å². The van der Waals surface area contributed by atoms with Gasteiger partial charge in [-0.3, -0.25) is 14.9 Å². The van der Waals surface area contributed by atoms with Gasteiger partial charge in [-0.2, -0.15) is 0 Å². The molecular formula is C18H15FN4O2S. The standard InChI is InChI=1S/C18H15FN4O2S/c1-11(20-16(25)13-8-5-9-14(19)10-13)15(24)21-18-23-22-17(26-18)12-6-3-2-4-7-12/h2-11H,1H3,(H,20,25)(H,21,23,24)/t11-/m0/s1. The SMILES string of the molecule is C[C@H](NC(=O)c1cccc(F)c1)C(=O)Nc1nnc(-c2ccccc2)s1. The summed E-state index contributed by atoms with van der Waals surface area (Å²) in [6.45, 7) is 1.53. The van der Waals surface area contributed by atoms with Gasteiger partial charge in [-0.15, -0.1) is 10.2 Å². The van der Waals surface area contributed by atoms with E-state index >= 15 is 0 Å². The first kappa shape index (κ1) is 17.7. The molecule has 0 aliphatic rings. The number of nitrogens with zero attached hydrogens (tertiary/aromatic N) is 2. The smallest absolute Gasteiger partial charge is 0.252 e. The number of hydrogen-bond donors (Lipinski definition) is 2. The summed E-state index contributed by atoms with van der Waals surface area (Å²) >= 11 is 1.23. The molecule has 2 aromatic carbocycles. The summed E-state index contributed by atoms with van der Waals surface area (Å²) < 4.78 is 13.2. The molecule has 132 valence electrons. The minimum atomic E-state index is -0.824. The number of halogens is 1. The number of carbonyl (C=O) groups is 2. The van der Waals surface area contributed by atoms with Gasteiger partial charge >= 0.3 is 0 Å². The molecule has 0 fully saturated rings. The van der Waals surface area contributed by atoms with Crippen molar-refractivity contribution in [1.29, 1.82) is 0 Å². The third kappa shape index (κ3) is 4.28. The molecule has 8 heteroatoms. The van der Waals surface area contributed by atoms with E-state index in [0.29, 0.717) is 10.1 Å². The van der Waals surface area contributed by atoms with E-state index in [-0.39, 0.29) is 5.56 Å². The molecule has 0 radical (unpaired) electrons. The topological polar surface area (TPSA) is 84.0 Å². The van der Waals surface area contributed by atoms with Crippen LogP contribution in [0.2, 0.25) is 0 Å². The van der Waals surface area contributed by atoms with Crippen LogP contribution in [0.15, 0.2) is 54.6 Å². The fourth-order valence-electron chi connectivity index (χ4n) is 2.16. The molecule has 3 aromatic rings. The van der Waals surface area contributed by atoms with Crippen LogP contribution in [0.25, 0.3) is 10.6 Å². The number of aromatic nitrogens is 2. The first-order chi connectivity index (χ1) is 12.5. The number of rotatable bonds is 5. The third-order valence-electron chi connectivity index (χ3n) is 3.50. The molecule has 2 amide bonds. The van der Waals surface area contributed by atoms with Gasteiger partial charge in [0.25, 0.3) is 5.91 Å². The van der Waals surface area contributed by atoms with Gasteiger partial charge in [-0.25, -0.2) is 4.39 Å². The van der Waals surface area contributed by atoms with Crippen molar-refractivity contribution in [3.8, 4) is 10.6 Å². The van der Waals surface area contributed by atoms with Crippen LogP contribution in [0.1, 0.15) is 17.3 Å². The highest BCUT2D eigenvalue weighted by atomic mass is 32.1. The summed E-state index contributed by atoms with van der Waals surface area (Å²) in [5, 5.41) is 14.1. The summed E-state index contributed by atoms with van der Waals surface area (Å²) in [6, 6.07) is 13.9. The molecule has 0 saturated carbocycles. The van der Waals surface area contributed by atoms with E-state index < -0.39 is 23.7 Å². The molecule has 0 unspecified atom stereocenters. The minimum Gasteiger partial charge on any atom is -0.341 e. The number of amides is 2. The van der Waals surface area contributed by atoms with Gasteiger partial charge < -0.3 is 5.32 Å². The van der Waals surface area contributed by atoms with E-state index in [1.54, 1.807) is 0 Å². The van der Waals surface area contributed by atoms with Gasteiger partial charge in [0.05, 0.1) is 0 Å².